The summed E-state index contributed by atoms with van der Waals surface area (Å²) in [7, 11) is 0. The highest BCUT2D eigenvalue weighted by Gasteiger charge is 2.31. The fourth-order valence-electron chi connectivity index (χ4n) is 1.96. The average molecular weight is 324 g/mol. The van der Waals surface area contributed by atoms with Crippen molar-refractivity contribution in [1.82, 2.24) is 5.32 Å². The van der Waals surface area contributed by atoms with Crippen molar-refractivity contribution in [3.05, 3.63) is 33.8 Å². The minimum atomic E-state index is -0.0402. The summed E-state index contributed by atoms with van der Waals surface area (Å²) >= 11 is 11.8. The molecule has 0 spiro atoms. The maximum atomic E-state index is 11.9. The summed E-state index contributed by atoms with van der Waals surface area (Å²) in [4.78, 5) is 11.9. The van der Waals surface area contributed by atoms with Crippen molar-refractivity contribution >= 4 is 41.5 Å². The van der Waals surface area contributed by atoms with Crippen molar-refractivity contribution in [3.8, 4) is 0 Å². The first kappa shape index (κ1) is 16.6. The molecule has 1 atom stereocenters. The van der Waals surface area contributed by atoms with Crippen molar-refractivity contribution in [3.63, 3.8) is 0 Å². The van der Waals surface area contributed by atoms with Gasteiger partial charge in [0.1, 0.15) is 0 Å². The number of hydrogen-bond acceptors (Lipinski definition) is 2. The summed E-state index contributed by atoms with van der Waals surface area (Å²) in [6, 6.07) is 5.26. The van der Waals surface area contributed by atoms with Crippen LogP contribution in [0.25, 0.3) is 0 Å². The van der Waals surface area contributed by atoms with Gasteiger partial charge in [0.15, 0.2) is 0 Å². The van der Waals surface area contributed by atoms with E-state index in [1.54, 1.807) is 18.2 Å². The molecule has 1 amide bonds. The van der Waals surface area contributed by atoms with E-state index in [0.29, 0.717) is 22.5 Å². The van der Waals surface area contributed by atoms with Gasteiger partial charge in [0.05, 0.1) is 6.42 Å². The van der Waals surface area contributed by atoms with E-state index in [-0.39, 0.29) is 30.8 Å². The molecule has 0 radical (unpaired) electrons. The molecular formula is C13H17Cl3N2O. The monoisotopic (exact) mass is 322 g/mol. The molecule has 0 aliphatic heterocycles. The van der Waals surface area contributed by atoms with Crippen molar-refractivity contribution in [1.29, 1.82) is 0 Å². The second kappa shape index (κ2) is 7.34. The van der Waals surface area contributed by atoms with Crippen LogP contribution < -0.4 is 11.1 Å². The quantitative estimate of drug-likeness (QED) is 0.875. The fraction of sp³-hybridized carbons (Fsp3) is 0.462. The molecule has 1 aliphatic rings. The summed E-state index contributed by atoms with van der Waals surface area (Å²) in [5.74, 6) is 0.515. The smallest absolute Gasteiger partial charge is 0.224 e. The summed E-state index contributed by atoms with van der Waals surface area (Å²) < 4.78 is 0. The van der Waals surface area contributed by atoms with E-state index in [1.807, 2.05) is 0 Å². The van der Waals surface area contributed by atoms with E-state index in [4.69, 9.17) is 28.9 Å². The zero-order valence-corrected chi connectivity index (χ0v) is 12.7. The molecule has 1 unspecified atom stereocenters. The van der Waals surface area contributed by atoms with E-state index in [0.717, 1.165) is 18.4 Å². The van der Waals surface area contributed by atoms with Crippen molar-refractivity contribution in [2.75, 3.05) is 6.54 Å². The average Bonchev–Trinajstić information content (AvgIpc) is 3.14. The number of amides is 1. The van der Waals surface area contributed by atoms with Crippen LogP contribution in [-0.2, 0) is 11.2 Å². The number of nitrogens with one attached hydrogen (secondary N) is 1. The second-order valence-electron chi connectivity index (χ2n) is 4.66. The molecule has 1 aromatic carbocycles. The normalized spacial score (nSPS) is 15.5. The van der Waals surface area contributed by atoms with Gasteiger partial charge in [-0.25, -0.2) is 0 Å². The molecule has 3 N–H and O–H groups in total. The lowest BCUT2D eigenvalue weighted by atomic mass is 10.1. The van der Waals surface area contributed by atoms with Crippen LogP contribution in [0.3, 0.4) is 0 Å². The number of nitrogens with two attached hydrogens (primary N) is 1. The Bertz CT molecular complexity index is 450. The van der Waals surface area contributed by atoms with Crippen LogP contribution in [0.2, 0.25) is 10.0 Å². The van der Waals surface area contributed by atoms with E-state index in [2.05, 4.69) is 5.32 Å². The molecule has 2 rings (SSSR count). The Labute approximate surface area is 129 Å². The van der Waals surface area contributed by atoms with Crippen LogP contribution in [0.15, 0.2) is 18.2 Å². The molecule has 19 heavy (non-hydrogen) atoms. The molecule has 1 fully saturated rings. The molecule has 0 heterocycles. The van der Waals surface area contributed by atoms with Crippen LogP contribution in [0.4, 0.5) is 0 Å². The summed E-state index contributed by atoms with van der Waals surface area (Å²) in [5.41, 5.74) is 6.43. The highest BCUT2D eigenvalue weighted by Crippen LogP contribution is 2.32. The lowest BCUT2D eigenvalue weighted by molar-refractivity contribution is -0.121. The molecule has 0 saturated heterocycles. The van der Waals surface area contributed by atoms with Gasteiger partial charge in [0.2, 0.25) is 5.91 Å². The molecule has 1 saturated carbocycles. The first-order valence-corrected chi connectivity index (χ1v) is 6.79. The largest absolute Gasteiger partial charge is 0.352 e. The maximum Gasteiger partial charge on any atom is 0.224 e. The highest BCUT2D eigenvalue weighted by atomic mass is 35.5. The third-order valence-corrected chi connectivity index (χ3v) is 3.74. The Kier molecular flexibility index (Phi) is 6.40. The first-order valence-electron chi connectivity index (χ1n) is 6.03. The van der Waals surface area contributed by atoms with Gasteiger partial charge in [-0.05, 0) is 36.5 Å². The van der Waals surface area contributed by atoms with Gasteiger partial charge in [-0.1, -0.05) is 29.3 Å². The molecule has 1 aromatic rings. The number of carbonyl (C=O) groups excluding carboxylic acids is 1. The van der Waals surface area contributed by atoms with Crippen LogP contribution in [0.5, 0.6) is 0 Å². The molecular weight excluding hydrogens is 307 g/mol. The number of hydrogen-bond donors (Lipinski definition) is 2. The van der Waals surface area contributed by atoms with E-state index in [9.17, 15) is 4.79 Å². The Hall–Kier alpha value is -0.480. The predicted octanol–water partition coefficient (Wildman–Crippen LogP) is 2.81. The molecule has 106 valence electrons. The van der Waals surface area contributed by atoms with Gasteiger partial charge >= 0.3 is 0 Å². The van der Waals surface area contributed by atoms with Gasteiger partial charge in [-0.3, -0.25) is 4.79 Å². The molecule has 0 aromatic heterocycles. The van der Waals surface area contributed by atoms with Gasteiger partial charge in [-0.15, -0.1) is 12.4 Å². The standard InChI is InChI=1S/C13H16Cl2N2O.ClH/c14-10-4-3-9(11(15)6-10)5-13(18)17-12(7-16)8-1-2-8;/h3-4,6,8,12H,1-2,5,7,16H2,(H,17,18);1H. The summed E-state index contributed by atoms with van der Waals surface area (Å²) in [6.45, 7) is 0.491. The summed E-state index contributed by atoms with van der Waals surface area (Å²) in [6.07, 6.45) is 2.58. The van der Waals surface area contributed by atoms with Gasteiger partial charge in [0, 0.05) is 22.6 Å². The molecule has 3 nitrogen and oxygen atoms in total. The van der Waals surface area contributed by atoms with Crippen molar-refractivity contribution in [2.24, 2.45) is 11.7 Å². The van der Waals surface area contributed by atoms with E-state index >= 15 is 0 Å². The SMILES string of the molecule is Cl.NCC(NC(=O)Cc1ccc(Cl)cc1Cl)C1CC1. The highest BCUT2D eigenvalue weighted by molar-refractivity contribution is 6.35. The van der Waals surface area contributed by atoms with Gasteiger partial charge in [-0.2, -0.15) is 0 Å². The third-order valence-electron chi connectivity index (χ3n) is 3.16. The van der Waals surface area contributed by atoms with Crippen LogP contribution in [0.1, 0.15) is 18.4 Å². The van der Waals surface area contributed by atoms with Gasteiger partial charge in [0.25, 0.3) is 0 Å². The number of rotatable bonds is 5. The third kappa shape index (κ3) is 4.84. The Morgan fingerprint density at radius 2 is 2.11 bits per heavy atom. The van der Waals surface area contributed by atoms with Crippen molar-refractivity contribution < 1.29 is 4.79 Å². The zero-order valence-electron chi connectivity index (χ0n) is 10.4. The maximum absolute atomic E-state index is 11.9. The van der Waals surface area contributed by atoms with E-state index < -0.39 is 0 Å². The fourth-order valence-corrected chi connectivity index (χ4v) is 2.44. The van der Waals surface area contributed by atoms with Crippen LogP contribution in [-0.4, -0.2) is 18.5 Å². The molecule has 6 heteroatoms. The lowest BCUT2D eigenvalue weighted by Gasteiger charge is -2.16. The van der Waals surface area contributed by atoms with Crippen molar-refractivity contribution in [2.45, 2.75) is 25.3 Å². The second-order valence-corrected chi connectivity index (χ2v) is 5.50. The number of carbonyl (C=O) groups is 1. The number of benzene rings is 1. The van der Waals surface area contributed by atoms with E-state index in [1.165, 1.54) is 0 Å². The Balaban J connectivity index is 0.00000180. The zero-order chi connectivity index (χ0) is 13.1. The van der Waals surface area contributed by atoms with Crippen LogP contribution in [0, 0.1) is 5.92 Å². The Morgan fingerprint density at radius 1 is 1.42 bits per heavy atom. The minimum Gasteiger partial charge on any atom is -0.352 e. The topological polar surface area (TPSA) is 55.1 Å². The van der Waals surface area contributed by atoms with Gasteiger partial charge < -0.3 is 11.1 Å². The first-order chi connectivity index (χ1) is 8.60. The van der Waals surface area contributed by atoms with Crippen LogP contribution >= 0.6 is 35.6 Å². The lowest BCUT2D eigenvalue weighted by Crippen LogP contribution is -2.42. The Morgan fingerprint density at radius 3 is 2.63 bits per heavy atom. The molecule has 0 bridgehead atoms. The number of halogens is 3. The summed E-state index contributed by atoms with van der Waals surface area (Å²) in [5, 5.41) is 4.06. The molecule has 1 aliphatic carbocycles. The predicted molar refractivity (Wildman–Crippen MR) is 81.1 cm³/mol. The minimum absolute atomic E-state index is 0.